The average Bonchev–Trinajstić information content (AvgIpc) is 2.88. The molecule has 110 valence electrons. The van der Waals surface area contributed by atoms with Crippen molar-refractivity contribution in [1.82, 2.24) is 14.9 Å². The Hall–Kier alpha value is -0.890. The summed E-state index contributed by atoms with van der Waals surface area (Å²) in [6, 6.07) is 3.14. The minimum atomic E-state index is -3.48. The van der Waals surface area contributed by atoms with Gasteiger partial charge in [0.1, 0.15) is 5.76 Å². The summed E-state index contributed by atoms with van der Waals surface area (Å²) in [6.07, 6.45) is 0. The molecule has 6 nitrogen and oxygen atoms in total. The fourth-order valence-electron chi connectivity index (χ4n) is 1.69. The van der Waals surface area contributed by atoms with E-state index in [0.717, 1.165) is 26.2 Å². The summed E-state index contributed by atoms with van der Waals surface area (Å²) in [5.74, 6) is 0.619. The standard InChI is InChI=1S/C12H23N3O3S/c1-4-15(5-2)9-8-14-10-11-6-7-12(18-11)19(16,17)13-3/h6-7,13-14H,4-5,8-10H2,1-3H3. The molecule has 0 spiro atoms. The highest BCUT2D eigenvalue weighted by Crippen LogP contribution is 2.12. The number of furan rings is 1. The third-order valence-electron chi connectivity index (χ3n) is 2.97. The van der Waals surface area contributed by atoms with Crippen LogP contribution in [0.3, 0.4) is 0 Å². The molecule has 1 rings (SSSR count). The highest BCUT2D eigenvalue weighted by atomic mass is 32.2. The van der Waals surface area contributed by atoms with Crippen molar-refractivity contribution >= 4 is 10.0 Å². The van der Waals surface area contributed by atoms with E-state index in [1.165, 1.54) is 13.1 Å². The third-order valence-corrected chi connectivity index (χ3v) is 4.26. The SMILES string of the molecule is CCN(CC)CCNCc1ccc(S(=O)(=O)NC)o1. The first-order valence-corrected chi connectivity index (χ1v) is 7.97. The molecule has 0 saturated heterocycles. The van der Waals surface area contributed by atoms with Gasteiger partial charge >= 0.3 is 0 Å². The van der Waals surface area contributed by atoms with E-state index in [0.29, 0.717) is 12.3 Å². The highest BCUT2D eigenvalue weighted by molar-refractivity contribution is 7.89. The maximum atomic E-state index is 11.5. The molecular weight excluding hydrogens is 266 g/mol. The second-order valence-corrected chi connectivity index (χ2v) is 5.95. The van der Waals surface area contributed by atoms with Crippen LogP contribution < -0.4 is 10.0 Å². The first kappa shape index (κ1) is 16.2. The summed E-state index contributed by atoms with van der Waals surface area (Å²) in [6.45, 7) is 8.66. The Labute approximate surface area is 115 Å². The van der Waals surface area contributed by atoms with Crippen molar-refractivity contribution in [1.29, 1.82) is 0 Å². The maximum Gasteiger partial charge on any atom is 0.273 e. The van der Waals surface area contributed by atoms with E-state index in [9.17, 15) is 8.42 Å². The van der Waals surface area contributed by atoms with Crippen LogP contribution in [0.1, 0.15) is 19.6 Å². The molecule has 0 atom stereocenters. The first-order chi connectivity index (χ1) is 9.03. The number of nitrogens with zero attached hydrogens (tertiary/aromatic N) is 1. The van der Waals surface area contributed by atoms with Gasteiger partial charge in [0.2, 0.25) is 5.09 Å². The molecule has 0 aliphatic heterocycles. The monoisotopic (exact) mass is 289 g/mol. The van der Waals surface area contributed by atoms with Crippen LogP contribution in [0.15, 0.2) is 21.6 Å². The van der Waals surface area contributed by atoms with Gasteiger partial charge in [-0.2, -0.15) is 0 Å². The molecule has 19 heavy (non-hydrogen) atoms. The van der Waals surface area contributed by atoms with Crippen LogP contribution in [-0.2, 0) is 16.6 Å². The quantitative estimate of drug-likeness (QED) is 0.652. The minimum absolute atomic E-state index is 0.0458. The van der Waals surface area contributed by atoms with Crippen LogP contribution in [0.25, 0.3) is 0 Å². The summed E-state index contributed by atoms with van der Waals surface area (Å²) >= 11 is 0. The van der Waals surface area contributed by atoms with Crippen molar-refractivity contribution in [3.05, 3.63) is 17.9 Å². The molecule has 0 aliphatic rings. The summed E-state index contributed by atoms with van der Waals surface area (Å²) in [7, 11) is -2.12. The second kappa shape index (κ2) is 7.64. The zero-order valence-corrected chi connectivity index (χ0v) is 12.6. The molecule has 1 heterocycles. The Balaban J connectivity index is 2.39. The van der Waals surface area contributed by atoms with Gasteiger partial charge in [0, 0.05) is 13.1 Å². The fraction of sp³-hybridized carbons (Fsp3) is 0.667. The van der Waals surface area contributed by atoms with Gasteiger partial charge in [0.15, 0.2) is 0 Å². The number of rotatable bonds is 9. The summed E-state index contributed by atoms with van der Waals surface area (Å²) in [5.41, 5.74) is 0. The van der Waals surface area contributed by atoms with Gasteiger partial charge in [-0.15, -0.1) is 0 Å². The van der Waals surface area contributed by atoms with Gasteiger partial charge in [-0.1, -0.05) is 13.8 Å². The summed E-state index contributed by atoms with van der Waals surface area (Å²) in [4.78, 5) is 2.31. The predicted octanol–water partition coefficient (Wildman–Crippen LogP) is 0.619. The van der Waals surface area contributed by atoms with E-state index in [1.54, 1.807) is 6.07 Å². The van der Waals surface area contributed by atoms with Gasteiger partial charge in [0.25, 0.3) is 10.0 Å². The smallest absolute Gasteiger partial charge is 0.273 e. The Kier molecular flexibility index (Phi) is 6.50. The summed E-state index contributed by atoms with van der Waals surface area (Å²) in [5, 5.41) is 3.19. The van der Waals surface area contributed by atoms with E-state index in [4.69, 9.17) is 4.42 Å². The number of hydrogen-bond donors (Lipinski definition) is 2. The Morgan fingerprint density at radius 3 is 2.53 bits per heavy atom. The van der Waals surface area contributed by atoms with Gasteiger partial charge in [0.05, 0.1) is 6.54 Å². The van der Waals surface area contributed by atoms with Crippen LogP contribution in [0.5, 0.6) is 0 Å². The summed E-state index contributed by atoms with van der Waals surface area (Å²) < 4.78 is 30.5. The Bertz CT molecular complexity index is 466. The van der Waals surface area contributed by atoms with Crippen LogP contribution in [0.4, 0.5) is 0 Å². The molecule has 0 saturated carbocycles. The number of likely N-dealkylation sites (N-methyl/N-ethyl adjacent to an activating group) is 1. The van der Waals surface area contributed by atoms with E-state index in [-0.39, 0.29) is 5.09 Å². The predicted molar refractivity (Wildman–Crippen MR) is 74.4 cm³/mol. The van der Waals surface area contributed by atoms with Crippen LogP contribution in [-0.4, -0.2) is 46.5 Å². The lowest BCUT2D eigenvalue weighted by Gasteiger charge is -2.17. The fourth-order valence-corrected chi connectivity index (χ4v) is 2.35. The molecule has 1 aromatic rings. The molecule has 0 amide bonds. The van der Waals surface area contributed by atoms with Gasteiger partial charge in [-0.25, -0.2) is 13.1 Å². The first-order valence-electron chi connectivity index (χ1n) is 6.48. The van der Waals surface area contributed by atoms with Crippen molar-refractivity contribution in [2.75, 3.05) is 33.2 Å². The lowest BCUT2D eigenvalue weighted by molar-refractivity contribution is 0.299. The normalized spacial score (nSPS) is 12.2. The lowest BCUT2D eigenvalue weighted by atomic mass is 10.4. The molecular formula is C12H23N3O3S. The van der Waals surface area contributed by atoms with E-state index < -0.39 is 10.0 Å². The second-order valence-electron chi connectivity index (χ2n) is 4.13. The number of hydrogen-bond acceptors (Lipinski definition) is 5. The molecule has 2 N–H and O–H groups in total. The molecule has 0 radical (unpaired) electrons. The molecule has 0 aromatic carbocycles. The van der Waals surface area contributed by atoms with E-state index in [1.807, 2.05) is 0 Å². The zero-order chi connectivity index (χ0) is 14.3. The van der Waals surface area contributed by atoms with Crippen molar-refractivity contribution in [3.63, 3.8) is 0 Å². The number of nitrogens with one attached hydrogen (secondary N) is 2. The molecule has 0 aliphatic carbocycles. The highest BCUT2D eigenvalue weighted by Gasteiger charge is 2.15. The van der Waals surface area contributed by atoms with Gasteiger partial charge in [-0.05, 0) is 32.3 Å². The van der Waals surface area contributed by atoms with Crippen molar-refractivity contribution in [2.24, 2.45) is 0 Å². The van der Waals surface area contributed by atoms with Crippen LogP contribution >= 0.6 is 0 Å². The number of sulfonamides is 1. The van der Waals surface area contributed by atoms with E-state index in [2.05, 4.69) is 28.8 Å². The van der Waals surface area contributed by atoms with Gasteiger partial charge < -0.3 is 14.6 Å². The average molecular weight is 289 g/mol. The molecule has 0 bridgehead atoms. The van der Waals surface area contributed by atoms with Crippen molar-refractivity contribution in [2.45, 2.75) is 25.5 Å². The topological polar surface area (TPSA) is 74.6 Å². The van der Waals surface area contributed by atoms with E-state index >= 15 is 0 Å². The molecule has 0 fully saturated rings. The minimum Gasteiger partial charge on any atom is -0.447 e. The largest absolute Gasteiger partial charge is 0.447 e. The Morgan fingerprint density at radius 1 is 1.26 bits per heavy atom. The maximum absolute atomic E-state index is 11.5. The van der Waals surface area contributed by atoms with Crippen LogP contribution in [0.2, 0.25) is 0 Å². The van der Waals surface area contributed by atoms with Crippen molar-refractivity contribution in [3.8, 4) is 0 Å². The molecule has 7 heteroatoms. The van der Waals surface area contributed by atoms with Crippen molar-refractivity contribution < 1.29 is 12.8 Å². The van der Waals surface area contributed by atoms with Crippen LogP contribution in [0, 0.1) is 0 Å². The molecule has 0 unspecified atom stereocenters. The third kappa shape index (κ3) is 4.94. The molecule has 1 aromatic heterocycles. The zero-order valence-electron chi connectivity index (χ0n) is 11.8. The Morgan fingerprint density at radius 2 is 1.95 bits per heavy atom. The lowest BCUT2D eigenvalue weighted by Crippen LogP contribution is -2.31. The van der Waals surface area contributed by atoms with Gasteiger partial charge in [-0.3, -0.25) is 0 Å².